The van der Waals surface area contributed by atoms with E-state index in [9.17, 15) is 0 Å². The van der Waals surface area contributed by atoms with E-state index >= 15 is 0 Å². The van der Waals surface area contributed by atoms with Crippen molar-refractivity contribution in [2.75, 3.05) is 13.1 Å². The van der Waals surface area contributed by atoms with Crippen molar-refractivity contribution < 1.29 is 0 Å². The molecule has 1 nitrogen and oxygen atoms in total. The number of hydrogen-bond acceptors (Lipinski definition) is 1. The summed E-state index contributed by atoms with van der Waals surface area (Å²) in [5.41, 5.74) is 0. The van der Waals surface area contributed by atoms with E-state index in [1.165, 1.54) is 32.4 Å². The Kier molecular flexibility index (Phi) is 11.5. The molecule has 0 aromatic heterocycles. The van der Waals surface area contributed by atoms with Crippen LogP contribution in [0.1, 0.15) is 53.9 Å². The Morgan fingerprint density at radius 2 is 1.62 bits per heavy atom. The molecule has 2 heteroatoms. The number of nitrogens with zero attached hydrogens (tertiary/aromatic N) is 1. The van der Waals surface area contributed by atoms with Crippen molar-refractivity contribution in [3.8, 4) is 0 Å². The van der Waals surface area contributed by atoms with Crippen molar-refractivity contribution in [1.29, 1.82) is 0 Å². The fraction of sp³-hybridized carbons (Fsp3) is 1.00. The second kappa shape index (κ2) is 11.0. The second-order valence-corrected chi connectivity index (χ2v) is 15.9. The molecule has 0 aliphatic carbocycles. The van der Waals surface area contributed by atoms with Crippen molar-refractivity contribution in [1.82, 2.24) is 4.90 Å². The van der Waals surface area contributed by atoms with E-state index in [0.717, 1.165) is 6.04 Å². The molecule has 0 saturated carbocycles. The zero-order valence-corrected chi connectivity index (χ0v) is 15.6. The van der Waals surface area contributed by atoms with Gasteiger partial charge < -0.3 is 0 Å². The summed E-state index contributed by atoms with van der Waals surface area (Å²) in [4.78, 5) is 2.66. The van der Waals surface area contributed by atoms with Gasteiger partial charge in [-0.05, 0) is 0 Å². The molecule has 0 heterocycles. The van der Waals surface area contributed by atoms with Crippen LogP contribution in [0, 0.1) is 0 Å². The molecule has 0 aliphatic heterocycles. The van der Waals surface area contributed by atoms with Crippen LogP contribution in [-0.2, 0) is 0 Å². The molecule has 0 spiro atoms. The minimum atomic E-state index is -1.03. The van der Waals surface area contributed by atoms with E-state index in [-0.39, 0.29) is 0 Å². The third kappa shape index (κ3) is 8.00. The van der Waals surface area contributed by atoms with E-state index in [4.69, 9.17) is 0 Å². The monoisotopic (exact) mass is 329 g/mol. The summed E-state index contributed by atoms with van der Waals surface area (Å²) in [6.07, 6.45) is 4.22. The minimum absolute atomic E-state index is 0.737. The molecule has 0 atom stereocenters. The molecule has 0 rings (SSSR count). The summed E-state index contributed by atoms with van der Waals surface area (Å²) in [6.45, 7) is 14.4. The molecular formula is C14H32InN. The third-order valence-corrected chi connectivity index (χ3v) is 14.3. The molecular weight excluding hydrogens is 297 g/mol. The molecule has 96 valence electrons. The predicted molar refractivity (Wildman–Crippen MR) is 77.8 cm³/mol. The standard InChI is InChI=1S/C9H20N.C3H7.C2H5.In/c1-5-7-10(8-6-2)9(3)4;1-3-2;1-2;/h9H,1,5-8H2,2-4H3;1,3H2,2H3;1H2,2H3;. The Labute approximate surface area is 112 Å². The molecule has 0 aromatic rings. The molecule has 0 saturated heterocycles. The molecule has 0 N–H and O–H groups in total. The Morgan fingerprint density at radius 3 is 2.06 bits per heavy atom. The van der Waals surface area contributed by atoms with Gasteiger partial charge in [0.1, 0.15) is 0 Å². The molecule has 0 aliphatic rings. The second-order valence-electron chi connectivity index (χ2n) is 5.33. The Bertz CT molecular complexity index is 148. The maximum atomic E-state index is 2.66. The van der Waals surface area contributed by atoms with E-state index in [2.05, 4.69) is 39.5 Å². The van der Waals surface area contributed by atoms with E-state index in [1.807, 2.05) is 0 Å². The molecule has 16 heavy (non-hydrogen) atoms. The van der Waals surface area contributed by atoms with Crippen LogP contribution in [-0.4, -0.2) is 45.5 Å². The van der Waals surface area contributed by atoms with Gasteiger partial charge in [0.2, 0.25) is 0 Å². The Hall–Kier alpha value is 0.830. The summed E-state index contributed by atoms with van der Waals surface area (Å²) in [5.74, 6) is 0. The quantitative estimate of drug-likeness (QED) is 0.573. The normalized spacial score (nSPS) is 11.4. The first-order chi connectivity index (χ1) is 7.65. The van der Waals surface area contributed by atoms with Crippen LogP contribution < -0.4 is 0 Å². The van der Waals surface area contributed by atoms with Gasteiger partial charge in [0.25, 0.3) is 0 Å². The summed E-state index contributed by atoms with van der Waals surface area (Å²) in [7, 11) is 0. The van der Waals surface area contributed by atoms with Crippen LogP contribution >= 0.6 is 0 Å². The summed E-state index contributed by atoms with van der Waals surface area (Å²) >= 11 is -1.03. The summed E-state index contributed by atoms with van der Waals surface area (Å²) in [5, 5.41) is 0. The first-order valence-corrected chi connectivity index (χ1v) is 14.4. The van der Waals surface area contributed by atoms with Crippen LogP contribution in [0.2, 0.25) is 12.5 Å². The van der Waals surface area contributed by atoms with Gasteiger partial charge in [0.15, 0.2) is 0 Å². The van der Waals surface area contributed by atoms with E-state index in [1.54, 1.807) is 12.5 Å². The van der Waals surface area contributed by atoms with Crippen LogP contribution in [0.25, 0.3) is 0 Å². The molecule has 0 unspecified atom stereocenters. The summed E-state index contributed by atoms with van der Waals surface area (Å²) < 4.78 is 4.84. The van der Waals surface area contributed by atoms with E-state index < -0.39 is 21.4 Å². The van der Waals surface area contributed by atoms with Crippen LogP contribution in [0.4, 0.5) is 0 Å². The van der Waals surface area contributed by atoms with Gasteiger partial charge in [-0.15, -0.1) is 0 Å². The SMILES string of the molecule is CCCN(CC[CH2][In]([CH2]C)[CH2]CC)C(C)C. The molecule has 0 radical (unpaired) electrons. The zero-order valence-electron chi connectivity index (χ0n) is 12.3. The third-order valence-electron chi connectivity index (χ3n) is 3.57. The van der Waals surface area contributed by atoms with Gasteiger partial charge >= 0.3 is 112 Å². The Morgan fingerprint density at radius 1 is 0.938 bits per heavy atom. The number of rotatable bonds is 10. The maximum absolute atomic E-state index is 2.66. The summed E-state index contributed by atoms with van der Waals surface area (Å²) in [6, 6.07) is 0.737. The van der Waals surface area contributed by atoms with Crippen molar-refractivity contribution in [2.45, 2.75) is 72.5 Å². The predicted octanol–water partition coefficient (Wildman–Crippen LogP) is 4.42. The van der Waals surface area contributed by atoms with E-state index in [0.29, 0.717) is 0 Å². The fourth-order valence-corrected chi connectivity index (χ4v) is 10.1. The van der Waals surface area contributed by atoms with Crippen molar-refractivity contribution in [3.63, 3.8) is 0 Å². The topological polar surface area (TPSA) is 3.24 Å². The molecule has 0 aromatic carbocycles. The molecule has 0 fully saturated rings. The fourth-order valence-electron chi connectivity index (χ4n) is 2.46. The molecule has 0 amide bonds. The average molecular weight is 329 g/mol. The van der Waals surface area contributed by atoms with Crippen LogP contribution in [0.3, 0.4) is 0 Å². The van der Waals surface area contributed by atoms with Gasteiger partial charge in [-0.25, -0.2) is 0 Å². The van der Waals surface area contributed by atoms with Gasteiger partial charge in [0, 0.05) is 0 Å². The average Bonchev–Trinajstić information content (AvgIpc) is 2.26. The molecule has 0 bridgehead atoms. The van der Waals surface area contributed by atoms with Crippen LogP contribution in [0.15, 0.2) is 0 Å². The van der Waals surface area contributed by atoms with Gasteiger partial charge in [-0.1, -0.05) is 0 Å². The first kappa shape index (κ1) is 16.8. The first-order valence-electron chi connectivity index (χ1n) is 7.39. The van der Waals surface area contributed by atoms with Crippen molar-refractivity contribution in [2.24, 2.45) is 0 Å². The van der Waals surface area contributed by atoms with Crippen molar-refractivity contribution >= 4 is 21.4 Å². The van der Waals surface area contributed by atoms with Crippen molar-refractivity contribution in [3.05, 3.63) is 0 Å². The van der Waals surface area contributed by atoms with Gasteiger partial charge in [-0.3, -0.25) is 0 Å². The number of hydrogen-bond donors (Lipinski definition) is 0. The Balaban J connectivity index is 3.74. The van der Waals surface area contributed by atoms with Crippen LogP contribution in [0.5, 0.6) is 0 Å². The zero-order chi connectivity index (χ0) is 12.4. The van der Waals surface area contributed by atoms with Gasteiger partial charge in [0.05, 0.1) is 0 Å². The van der Waals surface area contributed by atoms with Gasteiger partial charge in [-0.2, -0.15) is 0 Å².